The summed E-state index contributed by atoms with van der Waals surface area (Å²) in [6.07, 6.45) is 4.80. The Bertz CT molecular complexity index is 267. The normalized spacial score (nSPS) is 19.5. The molecule has 0 aromatic carbocycles. The van der Waals surface area contributed by atoms with E-state index in [1.807, 2.05) is 7.05 Å². The number of aromatic nitrogens is 2. The largest absolute Gasteiger partial charge is 0.340 e. The van der Waals surface area contributed by atoms with Crippen molar-refractivity contribution in [3.63, 3.8) is 0 Å². The van der Waals surface area contributed by atoms with Crippen LogP contribution in [0.25, 0.3) is 0 Å². The van der Waals surface area contributed by atoms with Gasteiger partial charge < -0.3 is 14.7 Å². The highest BCUT2D eigenvalue weighted by Gasteiger charge is 2.17. The fourth-order valence-electron chi connectivity index (χ4n) is 2.01. The van der Waals surface area contributed by atoms with E-state index in [9.17, 15) is 0 Å². The molecule has 1 N–H and O–H groups in total. The maximum atomic E-state index is 4.97. The van der Waals surface area contributed by atoms with Crippen molar-refractivity contribution in [3.8, 4) is 0 Å². The van der Waals surface area contributed by atoms with E-state index in [4.69, 9.17) is 4.52 Å². The molecule has 84 valence electrons. The van der Waals surface area contributed by atoms with E-state index in [0.717, 1.165) is 18.9 Å². The first kappa shape index (κ1) is 10.6. The summed E-state index contributed by atoms with van der Waals surface area (Å²) < 4.78 is 4.97. The average Bonchev–Trinajstić information content (AvgIpc) is 2.80. The maximum absolute atomic E-state index is 4.97. The third kappa shape index (κ3) is 3.00. The van der Waals surface area contributed by atoms with Gasteiger partial charge in [0.1, 0.15) is 0 Å². The summed E-state index contributed by atoms with van der Waals surface area (Å²) in [6.45, 7) is 3.36. The van der Waals surface area contributed by atoms with Crippen LogP contribution in [0.4, 0.5) is 0 Å². The first-order valence-electron chi connectivity index (χ1n) is 5.53. The van der Waals surface area contributed by atoms with Crippen molar-refractivity contribution < 1.29 is 4.52 Å². The number of nitrogens with one attached hydrogen (secondary N) is 1. The van der Waals surface area contributed by atoms with Gasteiger partial charge in [-0.2, -0.15) is 4.98 Å². The number of nitrogens with zero attached hydrogens (tertiary/aromatic N) is 3. The molecule has 0 aliphatic carbocycles. The molecule has 1 aliphatic heterocycles. The fourth-order valence-corrected chi connectivity index (χ4v) is 2.01. The maximum Gasteiger partial charge on any atom is 0.227 e. The molecule has 5 heteroatoms. The Kier molecular flexibility index (Phi) is 3.69. The molecule has 1 fully saturated rings. The smallest absolute Gasteiger partial charge is 0.227 e. The van der Waals surface area contributed by atoms with Crippen LogP contribution in [0, 0.1) is 0 Å². The first-order valence-corrected chi connectivity index (χ1v) is 5.53. The highest BCUT2D eigenvalue weighted by Crippen LogP contribution is 2.10. The van der Waals surface area contributed by atoms with Gasteiger partial charge in [-0.25, -0.2) is 0 Å². The van der Waals surface area contributed by atoms with Gasteiger partial charge in [0, 0.05) is 19.0 Å². The van der Waals surface area contributed by atoms with Crippen molar-refractivity contribution in [2.45, 2.75) is 25.3 Å². The second kappa shape index (κ2) is 5.23. The van der Waals surface area contributed by atoms with Gasteiger partial charge in [0.05, 0.1) is 0 Å². The van der Waals surface area contributed by atoms with Gasteiger partial charge in [0.2, 0.25) is 5.89 Å². The van der Waals surface area contributed by atoms with E-state index in [0.29, 0.717) is 6.04 Å². The summed E-state index contributed by atoms with van der Waals surface area (Å²) in [7, 11) is 2.04. The molecule has 0 saturated carbocycles. The van der Waals surface area contributed by atoms with Gasteiger partial charge in [-0.1, -0.05) is 5.16 Å². The van der Waals surface area contributed by atoms with Crippen LogP contribution in [0.15, 0.2) is 10.9 Å². The molecule has 0 atom stereocenters. The minimum atomic E-state index is 0.699. The van der Waals surface area contributed by atoms with E-state index < -0.39 is 0 Å². The monoisotopic (exact) mass is 210 g/mol. The molecular weight excluding hydrogens is 192 g/mol. The molecule has 5 nitrogen and oxygen atoms in total. The van der Waals surface area contributed by atoms with Crippen molar-refractivity contribution in [3.05, 3.63) is 12.2 Å². The lowest BCUT2D eigenvalue weighted by Crippen LogP contribution is -2.41. The lowest BCUT2D eigenvalue weighted by atomic mass is 10.1. The highest BCUT2D eigenvalue weighted by atomic mass is 16.5. The van der Waals surface area contributed by atoms with Gasteiger partial charge in [-0.3, -0.25) is 0 Å². The quantitative estimate of drug-likeness (QED) is 0.774. The summed E-state index contributed by atoms with van der Waals surface area (Å²) in [4.78, 5) is 6.47. The van der Waals surface area contributed by atoms with Crippen molar-refractivity contribution >= 4 is 0 Å². The Morgan fingerprint density at radius 1 is 1.53 bits per heavy atom. The summed E-state index contributed by atoms with van der Waals surface area (Å²) in [5, 5.41) is 6.92. The highest BCUT2D eigenvalue weighted by molar-refractivity contribution is 4.80. The molecule has 15 heavy (non-hydrogen) atoms. The number of likely N-dealkylation sites (tertiary alicyclic amines) is 1. The van der Waals surface area contributed by atoms with Crippen molar-refractivity contribution in [2.24, 2.45) is 0 Å². The summed E-state index contributed by atoms with van der Waals surface area (Å²) in [6, 6.07) is 0.699. The van der Waals surface area contributed by atoms with Crippen LogP contribution in [-0.2, 0) is 6.42 Å². The van der Waals surface area contributed by atoms with Crippen LogP contribution >= 0.6 is 0 Å². The zero-order valence-electron chi connectivity index (χ0n) is 9.15. The molecule has 0 amide bonds. The average molecular weight is 210 g/mol. The standard InChI is InChI=1S/C10H18N4O/c1-11-9-2-5-14(6-3-9)7-4-10-12-8-13-15-10/h8-9,11H,2-7H2,1H3. The topological polar surface area (TPSA) is 54.2 Å². The van der Waals surface area contributed by atoms with E-state index in [2.05, 4.69) is 20.4 Å². The fraction of sp³-hybridized carbons (Fsp3) is 0.800. The summed E-state index contributed by atoms with van der Waals surface area (Å²) >= 11 is 0. The molecule has 0 spiro atoms. The Morgan fingerprint density at radius 2 is 2.33 bits per heavy atom. The zero-order valence-corrected chi connectivity index (χ0v) is 9.15. The number of hydrogen-bond acceptors (Lipinski definition) is 5. The molecule has 0 unspecified atom stereocenters. The molecular formula is C10H18N4O. The van der Waals surface area contributed by atoms with Crippen LogP contribution in [0.3, 0.4) is 0 Å². The minimum Gasteiger partial charge on any atom is -0.340 e. The lowest BCUT2D eigenvalue weighted by Gasteiger charge is -2.31. The van der Waals surface area contributed by atoms with Gasteiger partial charge in [-0.15, -0.1) is 0 Å². The molecule has 1 aliphatic rings. The second-order valence-electron chi connectivity index (χ2n) is 3.99. The predicted octanol–water partition coefficient (Wildman–Crippen LogP) is 0.296. The summed E-state index contributed by atoms with van der Waals surface area (Å²) in [5.74, 6) is 0.741. The van der Waals surface area contributed by atoms with Crippen LogP contribution in [-0.4, -0.2) is 47.8 Å². The third-order valence-electron chi connectivity index (χ3n) is 3.04. The molecule has 0 bridgehead atoms. The van der Waals surface area contributed by atoms with Crippen molar-refractivity contribution in [1.29, 1.82) is 0 Å². The molecule has 0 radical (unpaired) electrons. The molecule has 1 aromatic rings. The lowest BCUT2D eigenvalue weighted by molar-refractivity contribution is 0.198. The van der Waals surface area contributed by atoms with Gasteiger partial charge in [0.15, 0.2) is 6.33 Å². The van der Waals surface area contributed by atoms with E-state index in [1.165, 1.54) is 32.3 Å². The molecule has 2 rings (SSSR count). The van der Waals surface area contributed by atoms with Crippen LogP contribution in [0.1, 0.15) is 18.7 Å². The van der Waals surface area contributed by atoms with Crippen LogP contribution < -0.4 is 5.32 Å². The van der Waals surface area contributed by atoms with E-state index in [1.54, 1.807) is 0 Å². The van der Waals surface area contributed by atoms with E-state index in [-0.39, 0.29) is 0 Å². The SMILES string of the molecule is CNC1CCN(CCc2ncno2)CC1. The summed E-state index contributed by atoms with van der Waals surface area (Å²) in [5.41, 5.74) is 0. The molecule has 2 heterocycles. The molecule has 1 saturated heterocycles. The van der Waals surface area contributed by atoms with E-state index >= 15 is 0 Å². The van der Waals surface area contributed by atoms with Gasteiger partial charge in [0.25, 0.3) is 0 Å². The minimum absolute atomic E-state index is 0.699. The molecule has 1 aromatic heterocycles. The zero-order chi connectivity index (χ0) is 10.5. The van der Waals surface area contributed by atoms with Crippen molar-refractivity contribution in [2.75, 3.05) is 26.7 Å². The number of rotatable bonds is 4. The Morgan fingerprint density at radius 3 is 2.93 bits per heavy atom. The Labute approximate surface area is 89.8 Å². The third-order valence-corrected chi connectivity index (χ3v) is 3.04. The van der Waals surface area contributed by atoms with Gasteiger partial charge in [-0.05, 0) is 33.0 Å². The van der Waals surface area contributed by atoms with Crippen LogP contribution in [0.5, 0.6) is 0 Å². The van der Waals surface area contributed by atoms with Crippen LogP contribution in [0.2, 0.25) is 0 Å². The Hall–Kier alpha value is -0.940. The number of piperidine rings is 1. The first-order chi connectivity index (χ1) is 7.38. The second-order valence-corrected chi connectivity index (χ2v) is 3.99. The number of hydrogen-bond donors (Lipinski definition) is 1. The van der Waals surface area contributed by atoms with Crippen molar-refractivity contribution in [1.82, 2.24) is 20.4 Å². The predicted molar refractivity (Wildman–Crippen MR) is 56.5 cm³/mol. The van der Waals surface area contributed by atoms with Gasteiger partial charge >= 0.3 is 0 Å². The Balaban J connectivity index is 1.69.